The molecule has 0 aromatic heterocycles. The summed E-state index contributed by atoms with van der Waals surface area (Å²) in [6, 6.07) is 21.2. The van der Waals surface area contributed by atoms with Gasteiger partial charge in [-0.3, -0.25) is 25.3 Å². The predicted octanol–water partition coefficient (Wildman–Crippen LogP) is 4.64. The van der Waals surface area contributed by atoms with Crippen molar-refractivity contribution in [2.24, 2.45) is 5.92 Å². The molecule has 2 aromatic carbocycles. The molecular formula is C27H39N3O3Si. The summed E-state index contributed by atoms with van der Waals surface area (Å²) in [7, 11) is -2.01. The van der Waals surface area contributed by atoms with Gasteiger partial charge in [-0.05, 0) is 42.1 Å². The fourth-order valence-electron chi connectivity index (χ4n) is 3.78. The molecule has 7 heteroatoms. The molecule has 1 aliphatic rings. The van der Waals surface area contributed by atoms with Gasteiger partial charge in [-0.15, -0.1) is 0 Å². The Labute approximate surface area is 205 Å². The normalized spacial score (nSPS) is 18.3. The number of hydrogen-bond acceptors (Lipinski definition) is 4. The van der Waals surface area contributed by atoms with Gasteiger partial charge in [-0.25, -0.2) is 0 Å². The third-order valence-electron chi connectivity index (χ3n) is 7.15. The number of hydrazine groups is 1. The highest BCUT2D eigenvalue weighted by Crippen LogP contribution is 2.36. The maximum Gasteiger partial charge on any atom is 0.263 e. The fourth-order valence-corrected chi connectivity index (χ4v) is 4.71. The van der Waals surface area contributed by atoms with Gasteiger partial charge in [0.2, 0.25) is 5.91 Å². The van der Waals surface area contributed by atoms with E-state index in [1.165, 1.54) is 11.1 Å². The molecule has 0 saturated heterocycles. The number of benzene rings is 2. The Morgan fingerprint density at radius 1 is 0.912 bits per heavy atom. The van der Waals surface area contributed by atoms with Crippen LogP contribution >= 0.6 is 0 Å². The van der Waals surface area contributed by atoms with Gasteiger partial charge in [-0.2, -0.15) is 0 Å². The van der Waals surface area contributed by atoms with Crippen LogP contribution < -0.4 is 10.9 Å². The predicted molar refractivity (Wildman–Crippen MR) is 138 cm³/mol. The average Bonchev–Trinajstić information content (AvgIpc) is 2.76. The Bertz CT molecular complexity index is 897. The molecule has 2 aromatic rings. The minimum atomic E-state index is -2.01. The van der Waals surface area contributed by atoms with E-state index in [4.69, 9.17) is 4.43 Å². The van der Waals surface area contributed by atoms with Crippen molar-refractivity contribution in [3.63, 3.8) is 0 Å². The lowest BCUT2D eigenvalue weighted by atomic mass is 9.78. The van der Waals surface area contributed by atoms with Crippen LogP contribution in [-0.2, 0) is 27.1 Å². The van der Waals surface area contributed by atoms with Crippen LogP contribution in [0.5, 0.6) is 0 Å². The number of amides is 2. The lowest BCUT2D eigenvalue weighted by Gasteiger charge is -2.42. The molecule has 34 heavy (non-hydrogen) atoms. The van der Waals surface area contributed by atoms with Crippen molar-refractivity contribution in [3.05, 3.63) is 71.8 Å². The molecular weight excluding hydrogens is 442 g/mol. The summed E-state index contributed by atoms with van der Waals surface area (Å²) in [5.74, 6) is -0.541. The highest BCUT2D eigenvalue weighted by molar-refractivity contribution is 6.74. The number of hydrogen-bond donors (Lipinski definition) is 2. The van der Waals surface area contributed by atoms with Gasteiger partial charge < -0.3 is 4.43 Å². The molecule has 6 nitrogen and oxygen atoms in total. The third kappa shape index (κ3) is 7.26. The van der Waals surface area contributed by atoms with Gasteiger partial charge >= 0.3 is 0 Å². The summed E-state index contributed by atoms with van der Waals surface area (Å²) in [6.45, 7) is 12.2. The van der Waals surface area contributed by atoms with Crippen LogP contribution in [0.1, 0.15) is 44.7 Å². The Morgan fingerprint density at radius 3 is 1.88 bits per heavy atom. The van der Waals surface area contributed by atoms with E-state index >= 15 is 0 Å². The summed E-state index contributed by atoms with van der Waals surface area (Å²) in [4.78, 5) is 27.2. The molecule has 2 N–H and O–H groups in total. The summed E-state index contributed by atoms with van der Waals surface area (Å²) in [5, 5.41) is 0.0306. The van der Waals surface area contributed by atoms with Crippen molar-refractivity contribution < 1.29 is 14.0 Å². The zero-order valence-corrected chi connectivity index (χ0v) is 22.1. The molecule has 2 amide bonds. The largest absolute Gasteiger partial charge is 0.407 e. The zero-order chi connectivity index (χ0) is 24.8. The first kappa shape index (κ1) is 26.1. The lowest BCUT2D eigenvalue weighted by Crippen LogP contribution is -2.53. The standard InChI is InChI=1S/C27H39N3O3Si/c1-27(2,3)34(4,5)33-20-25(31)28-29-26(32)23-16-24(17-23)30(18-21-12-8-6-9-13-21)19-22-14-10-7-11-15-22/h6-15,23-24H,16-20H2,1-5H3,(H,28,31)(H,29,32). The van der Waals surface area contributed by atoms with Crippen molar-refractivity contribution in [3.8, 4) is 0 Å². The Balaban J connectivity index is 1.48. The maximum absolute atomic E-state index is 12.6. The van der Waals surface area contributed by atoms with E-state index in [0.717, 1.165) is 25.9 Å². The number of nitrogens with one attached hydrogen (secondary N) is 2. The maximum atomic E-state index is 12.6. The number of nitrogens with zero attached hydrogens (tertiary/aromatic N) is 1. The monoisotopic (exact) mass is 481 g/mol. The lowest BCUT2D eigenvalue weighted by molar-refractivity contribution is -0.135. The van der Waals surface area contributed by atoms with E-state index in [0.29, 0.717) is 6.04 Å². The molecule has 0 unspecified atom stereocenters. The van der Waals surface area contributed by atoms with E-state index in [-0.39, 0.29) is 29.4 Å². The molecule has 1 saturated carbocycles. The first-order valence-corrected chi connectivity index (χ1v) is 15.0. The van der Waals surface area contributed by atoms with Crippen LogP contribution in [0.15, 0.2) is 60.7 Å². The second-order valence-electron chi connectivity index (χ2n) is 10.8. The van der Waals surface area contributed by atoms with Crippen molar-refractivity contribution >= 4 is 20.1 Å². The molecule has 0 bridgehead atoms. The minimum Gasteiger partial charge on any atom is -0.407 e. The topological polar surface area (TPSA) is 70.7 Å². The molecule has 184 valence electrons. The second kappa shape index (κ2) is 11.3. The Kier molecular flexibility index (Phi) is 8.68. The summed E-state index contributed by atoms with van der Waals surface area (Å²) in [6.07, 6.45) is 1.56. The van der Waals surface area contributed by atoms with Crippen LogP contribution in [0.2, 0.25) is 18.1 Å². The van der Waals surface area contributed by atoms with E-state index in [1.54, 1.807) is 0 Å². The first-order valence-electron chi connectivity index (χ1n) is 12.1. The Hall–Kier alpha value is -2.48. The Morgan fingerprint density at radius 2 is 1.41 bits per heavy atom. The van der Waals surface area contributed by atoms with Gasteiger partial charge in [0.1, 0.15) is 6.61 Å². The van der Waals surface area contributed by atoms with Crippen molar-refractivity contribution in [2.45, 2.75) is 70.9 Å². The van der Waals surface area contributed by atoms with E-state index in [1.807, 2.05) is 12.1 Å². The quantitative estimate of drug-likeness (QED) is 0.404. The zero-order valence-electron chi connectivity index (χ0n) is 21.1. The molecule has 3 rings (SSSR count). The average molecular weight is 482 g/mol. The van der Waals surface area contributed by atoms with Crippen molar-refractivity contribution in [1.82, 2.24) is 15.8 Å². The molecule has 0 heterocycles. The van der Waals surface area contributed by atoms with Gasteiger partial charge in [0, 0.05) is 25.0 Å². The van der Waals surface area contributed by atoms with Gasteiger partial charge in [0.05, 0.1) is 0 Å². The SMILES string of the molecule is CC(C)(C)[Si](C)(C)OCC(=O)NNC(=O)C1CC(N(Cc2ccccc2)Cc2ccccc2)C1. The smallest absolute Gasteiger partial charge is 0.263 e. The van der Waals surface area contributed by atoms with Crippen molar-refractivity contribution in [2.75, 3.05) is 6.61 Å². The van der Waals surface area contributed by atoms with E-state index < -0.39 is 8.32 Å². The molecule has 0 atom stereocenters. The first-order chi connectivity index (χ1) is 16.0. The molecule has 1 aliphatic carbocycles. The minimum absolute atomic E-state index is 0.0306. The number of carbonyl (C=O) groups is 2. The van der Waals surface area contributed by atoms with E-state index in [9.17, 15) is 9.59 Å². The second-order valence-corrected chi connectivity index (χ2v) is 15.6. The third-order valence-corrected chi connectivity index (χ3v) is 11.6. The molecule has 1 fully saturated rings. The van der Waals surface area contributed by atoms with Gasteiger partial charge in [0.25, 0.3) is 5.91 Å². The van der Waals surface area contributed by atoms with E-state index in [2.05, 4.69) is 98.1 Å². The van der Waals surface area contributed by atoms with Crippen LogP contribution in [0, 0.1) is 5.92 Å². The van der Waals surface area contributed by atoms with Crippen LogP contribution in [0.3, 0.4) is 0 Å². The number of rotatable bonds is 9. The fraction of sp³-hybridized carbons (Fsp3) is 0.481. The van der Waals surface area contributed by atoms with Crippen molar-refractivity contribution in [1.29, 1.82) is 0 Å². The van der Waals surface area contributed by atoms with Crippen LogP contribution in [0.25, 0.3) is 0 Å². The molecule has 0 spiro atoms. The van der Waals surface area contributed by atoms with Crippen LogP contribution in [-0.4, -0.2) is 37.7 Å². The highest BCUT2D eigenvalue weighted by Gasteiger charge is 2.39. The summed E-state index contributed by atoms with van der Waals surface area (Å²) < 4.78 is 5.92. The molecule has 0 aliphatic heterocycles. The summed E-state index contributed by atoms with van der Waals surface area (Å²) in [5.41, 5.74) is 7.65. The molecule has 0 radical (unpaired) electrons. The number of carbonyl (C=O) groups excluding carboxylic acids is 2. The van der Waals surface area contributed by atoms with Gasteiger partial charge in [0.15, 0.2) is 8.32 Å². The highest BCUT2D eigenvalue weighted by atomic mass is 28.4. The van der Waals surface area contributed by atoms with Gasteiger partial charge in [-0.1, -0.05) is 81.4 Å². The van der Waals surface area contributed by atoms with Crippen LogP contribution in [0.4, 0.5) is 0 Å². The summed E-state index contributed by atoms with van der Waals surface area (Å²) >= 11 is 0.